The highest BCUT2D eigenvalue weighted by molar-refractivity contribution is 6.04. The molecule has 0 aromatic heterocycles. The Balaban J connectivity index is 1.58. The Morgan fingerprint density at radius 2 is 0.722 bits per heavy atom. The molecule has 0 atom stereocenters. The van der Waals surface area contributed by atoms with Crippen LogP contribution in [-0.2, 0) is 0 Å². The van der Waals surface area contributed by atoms with E-state index in [0.717, 1.165) is 13.1 Å². The lowest BCUT2D eigenvalue weighted by atomic mass is 9.99. The summed E-state index contributed by atoms with van der Waals surface area (Å²) in [4.78, 5) is 5.26. The first-order valence-electron chi connectivity index (χ1n) is 14.4. The first kappa shape index (κ1) is 24.7. The summed E-state index contributed by atoms with van der Waals surface area (Å²) in [6.45, 7) is 6.74. The summed E-state index contributed by atoms with van der Waals surface area (Å²) in [6.07, 6.45) is 13.0. The zero-order chi connectivity index (χ0) is 24.7. The van der Waals surface area contributed by atoms with E-state index in [9.17, 15) is 0 Å². The minimum Gasteiger partial charge on any atom is -0.338 e. The number of nitrogens with zero attached hydrogens (tertiary/aromatic N) is 2. The molecule has 0 saturated carbocycles. The van der Waals surface area contributed by atoms with Gasteiger partial charge in [-0.1, -0.05) is 114 Å². The van der Waals surface area contributed by atoms with Crippen LogP contribution in [0.4, 0.5) is 22.7 Å². The van der Waals surface area contributed by atoms with Crippen molar-refractivity contribution in [3.8, 4) is 0 Å². The topological polar surface area (TPSA) is 6.48 Å². The minimum absolute atomic E-state index is 1.07. The summed E-state index contributed by atoms with van der Waals surface area (Å²) in [6, 6.07) is 27.5. The molecule has 0 N–H and O–H groups in total. The van der Waals surface area contributed by atoms with Crippen molar-refractivity contribution in [2.24, 2.45) is 0 Å². The molecule has 0 amide bonds. The van der Waals surface area contributed by atoms with E-state index in [-0.39, 0.29) is 0 Å². The number of hydrogen-bond donors (Lipinski definition) is 0. The zero-order valence-corrected chi connectivity index (χ0v) is 22.3. The van der Waals surface area contributed by atoms with E-state index in [1.165, 1.54) is 109 Å². The van der Waals surface area contributed by atoms with Crippen molar-refractivity contribution in [3.63, 3.8) is 0 Å². The van der Waals surface area contributed by atoms with E-state index in [1.54, 1.807) is 0 Å². The van der Waals surface area contributed by atoms with Gasteiger partial charge in [0.25, 0.3) is 0 Å². The average Bonchev–Trinajstić information content (AvgIpc) is 2.91. The number of benzene rings is 4. The summed E-state index contributed by atoms with van der Waals surface area (Å²) < 4.78 is 0. The second-order valence-electron chi connectivity index (χ2n) is 10.5. The fourth-order valence-electron chi connectivity index (χ4n) is 5.79. The third kappa shape index (κ3) is 5.24. The molecule has 36 heavy (non-hydrogen) atoms. The fraction of sp³-hybridized carbons (Fsp3) is 0.412. The number of hydrogen-bond acceptors (Lipinski definition) is 2. The Labute approximate surface area is 217 Å². The zero-order valence-electron chi connectivity index (χ0n) is 22.3. The first-order chi connectivity index (χ1) is 17.8. The van der Waals surface area contributed by atoms with Crippen molar-refractivity contribution in [2.75, 3.05) is 22.9 Å². The van der Waals surface area contributed by atoms with Gasteiger partial charge in [0.1, 0.15) is 0 Å². The number of fused-ring (bicyclic) bond motifs is 4. The Kier molecular flexibility index (Phi) is 8.11. The van der Waals surface area contributed by atoms with Crippen molar-refractivity contribution in [1.29, 1.82) is 0 Å². The van der Waals surface area contributed by atoms with Gasteiger partial charge in [0.15, 0.2) is 0 Å². The fourth-order valence-corrected chi connectivity index (χ4v) is 5.79. The molecule has 188 valence electrons. The van der Waals surface area contributed by atoms with Crippen molar-refractivity contribution in [3.05, 3.63) is 72.8 Å². The average molecular weight is 479 g/mol. The van der Waals surface area contributed by atoms with Gasteiger partial charge in [-0.05, 0) is 58.7 Å². The number of rotatable bonds is 12. The lowest BCUT2D eigenvalue weighted by Gasteiger charge is -2.41. The van der Waals surface area contributed by atoms with E-state index in [4.69, 9.17) is 0 Å². The van der Waals surface area contributed by atoms with E-state index >= 15 is 0 Å². The van der Waals surface area contributed by atoms with E-state index < -0.39 is 0 Å². The molecular formula is C34H42N2. The molecule has 1 aliphatic rings. The SMILES string of the molecule is CCCCCCCN1c2cc3ccccc3cc2N(CCCCCCC)c2cc3ccccc3cc21. The van der Waals surface area contributed by atoms with Crippen LogP contribution in [0.5, 0.6) is 0 Å². The van der Waals surface area contributed by atoms with Crippen LogP contribution in [0.15, 0.2) is 72.8 Å². The van der Waals surface area contributed by atoms with Crippen LogP contribution < -0.4 is 9.80 Å². The Hall–Kier alpha value is -3.00. The standard InChI is InChI=1S/C34H42N2/c1-3-5-7-9-15-21-35-31-23-27-17-11-13-19-29(27)25-33(31)36(22-16-10-8-6-4-2)34-26-30-20-14-12-18-28(30)24-32(34)35/h11-14,17-20,23-26H,3-10,15-16,21-22H2,1-2H3. The summed E-state index contributed by atoms with van der Waals surface area (Å²) >= 11 is 0. The van der Waals surface area contributed by atoms with Crippen LogP contribution in [0.2, 0.25) is 0 Å². The van der Waals surface area contributed by atoms with Crippen LogP contribution in [0.3, 0.4) is 0 Å². The van der Waals surface area contributed by atoms with Crippen LogP contribution >= 0.6 is 0 Å². The lowest BCUT2D eigenvalue weighted by Crippen LogP contribution is -2.31. The highest BCUT2D eigenvalue weighted by Gasteiger charge is 2.29. The molecule has 0 saturated heterocycles. The van der Waals surface area contributed by atoms with Gasteiger partial charge in [-0.25, -0.2) is 0 Å². The normalized spacial score (nSPS) is 12.8. The Morgan fingerprint density at radius 3 is 1.03 bits per heavy atom. The summed E-state index contributed by atoms with van der Waals surface area (Å²) in [5.41, 5.74) is 5.50. The smallest absolute Gasteiger partial charge is 0.0659 e. The predicted octanol–water partition coefficient (Wildman–Crippen LogP) is 10.5. The highest BCUT2D eigenvalue weighted by Crippen LogP contribution is 2.50. The third-order valence-electron chi connectivity index (χ3n) is 7.82. The van der Waals surface area contributed by atoms with Gasteiger partial charge in [-0.15, -0.1) is 0 Å². The quantitative estimate of drug-likeness (QED) is 0.187. The van der Waals surface area contributed by atoms with E-state index in [1.807, 2.05) is 0 Å². The molecule has 0 unspecified atom stereocenters. The maximum Gasteiger partial charge on any atom is 0.0659 e. The lowest BCUT2D eigenvalue weighted by molar-refractivity contribution is 0.628. The minimum atomic E-state index is 1.07. The van der Waals surface area contributed by atoms with Gasteiger partial charge in [0.05, 0.1) is 22.7 Å². The van der Waals surface area contributed by atoms with Crippen LogP contribution in [-0.4, -0.2) is 13.1 Å². The molecule has 0 fully saturated rings. The Bertz CT molecular complexity index is 1100. The molecule has 2 heteroatoms. The Morgan fingerprint density at radius 1 is 0.417 bits per heavy atom. The summed E-state index contributed by atoms with van der Waals surface area (Å²) in [7, 11) is 0. The van der Waals surface area contributed by atoms with Crippen LogP contribution in [0.1, 0.15) is 78.1 Å². The molecule has 0 spiro atoms. The van der Waals surface area contributed by atoms with Gasteiger partial charge in [0, 0.05) is 13.1 Å². The summed E-state index contributed by atoms with van der Waals surface area (Å²) in [5, 5.41) is 5.33. The van der Waals surface area contributed by atoms with Crippen molar-refractivity contribution < 1.29 is 0 Å². The highest BCUT2D eigenvalue weighted by atomic mass is 15.3. The molecule has 1 aliphatic heterocycles. The van der Waals surface area contributed by atoms with Gasteiger partial charge in [-0.3, -0.25) is 0 Å². The van der Waals surface area contributed by atoms with Crippen molar-refractivity contribution in [2.45, 2.75) is 78.1 Å². The molecular weight excluding hydrogens is 436 g/mol. The first-order valence-corrected chi connectivity index (χ1v) is 14.4. The molecule has 2 nitrogen and oxygen atoms in total. The summed E-state index contributed by atoms with van der Waals surface area (Å²) in [5.74, 6) is 0. The molecule has 4 aromatic rings. The van der Waals surface area contributed by atoms with E-state index in [0.29, 0.717) is 0 Å². The van der Waals surface area contributed by atoms with Crippen molar-refractivity contribution >= 4 is 44.3 Å². The maximum absolute atomic E-state index is 2.63. The molecule has 1 heterocycles. The second-order valence-corrected chi connectivity index (χ2v) is 10.5. The van der Waals surface area contributed by atoms with Crippen molar-refractivity contribution in [1.82, 2.24) is 0 Å². The second kappa shape index (κ2) is 11.8. The van der Waals surface area contributed by atoms with E-state index in [2.05, 4.69) is 96.4 Å². The number of unbranched alkanes of at least 4 members (excludes halogenated alkanes) is 8. The van der Waals surface area contributed by atoms with Gasteiger partial charge in [-0.2, -0.15) is 0 Å². The van der Waals surface area contributed by atoms with Gasteiger partial charge < -0.3 is 9.80 Å². The molecule has 0 radical (unpaired) electrons. The molecule has 4 aromatic carbocycles. The monoisotopic (exact) mass is 478 g/mol. The molecule has 5 rings (SSSR count). The van der Waals surface area contributed by atoms with Crippen LogP contribution in [0.25, 0.3) is 21.5 Å². The van der Waals surface area contributed by atoms with Crippen LogP contribution in [0, 0.1) is 0 Å². The van der Waals surface area contributed by atoms with Gasteiger partial charge in [0.2, 0.25) is 0 Å². The maximum atomic E-state index is 2.63. The predicted molar refractivity (Wildman–Crippen MR) is 159 cm³/mol. The molecule has 0 bridgehead atoms. The number of anilines is 4. The third-order valence-corrected chi connectivity index (χ3v) is 7.82. The van der Waals surface area contributed by atoms with Gasteiger partial charge >= 0.3 is 0 Å². The molecule has 0 aliphatic carbocycles. The largest absolute Gasteiger partial charge is 0.338 e.